The number of amides is 1. The Kier molecular flexibility index (Phi) is 6.27. The second kappa shape index (κ2) is 9.27. The van der Waals surface area contributed by atoms with Gasteiger partial charge in [0.25, 0.3) is 5.91 Å². The number of halogens is 3. The number of nitrogens with zero attached hydrogens (tertiary/aromatic N) is 2. The molecule has 4 rings (SSSR count). The summed E-state index contributed by atoms with van der Waals surface area (Å²) in [5.41, 5.74) is 1.30. The zero-order valence-electron chi connectivity index (χ0n) is 16.9. The molecule has 1 fully saturated rings. The summed E-state index contributed by atoms with van der Waals surface area (Å²) in [6, 6.07) is 15.9. The van der Waals surface area contributed by atoms with Crippen LogP contribution in [-0.2, 0) is 10.9 Å². The summed E-state index contributed by atoms with van der Waals surface area (Å²) in [6.07, 6.45) is -3.75. The van der Waals surface area contributed by atoms with Crippen LogP contribution in [0.25, 0.3) is 0 Å². The van der Waals surface area contributed by atoms with E-state index in [2.05, 4.69) is 15.2 Å². The Labute approximate surface area is 182 Å². The van der Waals surface area contributed by atoms with Crippen LogP contribution in [0.3, 0.4) is 0 Å². The predicted molar refractivity (Wildman–Crippen MR) is 113 cm³/mol. The highest BCUT2D eigenvalue weighted by Crippen LogP contribution is 2.30. The van der Waals surface area contributed by atoms with Crippen LogP contribution >= 0.6 is 0 Å². The summed E-state index contributed by atoms with van der Waals surface area (Å²) in [4.78, 5) is 18.4. The molecule has 1 saturated heterocycles. The largest absolute Gasteiger partial charge is 0.439 e. The maximum Gasteiger partial charge on any atom is 0.417 e. The van der Waals surface area contributed by atoms with Gasteiger partial charge in [0, 0.05) is 42.3 Å². The second-order valence-corrected chi connectivity index (χ2v) is 7.11. The third kappa shape index (κ3) is 5.36. The molecular weight excluding hydrogens is 423 g/mol. The first-order valence-electron chi connectivity index (χ1n) is 9.94. The minimum Gasteiger partial charge on any atom is -0.439 e. The minimum absolute atomic E-state index is 0.0237. The Morgan fingerprint density at radius 3 is 2.25 bits per heavy atom. The molecule has 1 amide bonds. The number of alkyl halides is 3. The molecule has 0 unspecified atom stereocenters. The SMILES string of the molecule is O=C(Nc1ccc(N2CCOCC2)cc1)c1ccc(Oc2ccc(C(F)(F)F)cn2)cc1. The molecule has 0 radical (unpaired) electrons. The molecule has 32 heavy (non-hydrogen) atoms. The van der Waals surface area contributed by atoms with E-state index in [-0.39, 0.29) is 11.8 Å². The van der Waals surface area contributed by atoms with Crippen LogP contribution in [0.15, 0.2) is 66.9 Å². The molecule has 3 aromatic rings. The number of morpholine rings is 1. The molecule has 0 bridgehead atoms. The van der Waals surface area contributed by atoms with Crippen molar-refractivity contribution in [2.24, 2.45) is 0 Å². The third-order valence-corrected chi connectivity index (χ3v) is 4.90. The molecule has 1 N–H and O–H groups in total. The van der Waals surface area contributed by atoms with Crippen molar-refractivity contribution >= 4 is 17.3 Å². The Hall–Kier alpha value is -3.59. The van der Waals surface area contributed by atoms with Crippen LogP contribution in [0, 0.1) is 0 Å². The number of aromatic nitrogens is 1. The first-order chi connectivity index (χ1) is 15.4. The second-order valence-electron chi connectivity index (χ2n) is 7.11. The Morgan fingerprint density at radius 1 is 0.969 bits per heavy atom. The Morgan fingerprint density at radius 2 is 1.66 bits per heavy atom. The first kappa shape index (κ1) is 21.6. The van der Waals surface area contributed by atoms with Gasteiger partial charge in [0.1, 0.15) is 5.75 Å². The van der Waals surface area contributed by atoms with Crippen LogP contribution in [0.5, 0.6) is 11.6 Å². The standard InChI is InChI=1S/C23H20F3N3O3/c24-23(25,26)17-3-10-21(27-15-17)32-20-8-1-16(2-9-20)22(30)28-18-4-6-19(7-5-18)29-11-13-31-14-12-29/h1-10,15H,11-14H2,(H,28,30). The molecule has 0 atom stereocenters. The van der Waals surface area contributed by atoms with Crippen LogP contribution in [-0.4, -0.2) is 37.2 Å². The number of carbonyl (C=O) groups excluding carboxylic acids is 1. The van der Waals surface area contributed by atoms with E-state index < -0.39 is 11.7 Å². The van der Waals surface area contributed by atoms with E-state index in [1.807, 2.05) is 24.3 Å². The molecule has 1 aliphatic heterocycles. The minimum atomic E-state index is -4.45. The summed E-state index contributed by atoms with van der Waals surface area (Å²) in [5, 5.41) is 2.84. The van der Waals surface area contributed by atoms with Crippen molar-refractivity contribution in [1.82, 2.24) is 4.98 Å². The fourth-order valence-corrected chi connectivity index (χ4v) is 3.18. The van der Waals surface area contributed by atoms with Crippen molar-refractivity contribution in [3.63, 3.8) is 0 Å². The number of carbonyl (C=O) groups is 1. The van der Waals surface area contributed by atoms with Gasteiger partial charge in [-0.05, 0) is 54.6 Å². The van der Waals surface area contributed by atoms with Gasteiger partial charge < -0.3 is 19.7 Å². The van der Waals surface area contributed by atoms with Gasteiger partial charge in [-0.2, -0.15) is 13.2 Å². The van der Waals surface area contributed by atoms with E-state index in [9.17, 15) is 18.0 Å². The van der Waals surface area contributed by atoms with Crippen molar-refractivity contribution in [2.45, 2.75) is 6.18 Å². The lowest BCUT2D eigenvalue weighted by Crippen LogP contribution is -2.36. The third-order valence-electron chi connectivity index (χ3n) is 4.90. The van der Waals surface area contributed by atoms with Gasteiger partial charge in [0.2, 0.25) is 5.88 Å². The quantitative estimate of drug-likeness (QED) is 0.603. The van der Waals surface area contributed by atoms with Crippen LogP contribution < -0.4 is 15.0 Å². The first-order valence-corrected chi connectivity index (χ1v) is 9.94. The molecule has 6 nitrogen and oxygen atoms in total. The molecule has 2 aromatic carbocycles. The smallest absolute Gasteiger partial charge is 0.417 e. The molecule has 9 heteroatoms. The van der Waals surface area contributed by atoms with E-state index in [4.69, 9.17) is 9.47 Å². The number of hydrogen-bond donors (Lipinski definition) is 1. The Balaban J connectivity index is 1.34. The fourth-order valence-electron chi connectivity index (χ4n) is 3.18. The molecule has 2 heterocycles. The molecule has 1 aromatic heterocycles. The molecule has 0 aliphatic carbocycles. The summed E-state index contributed by atoms with van der Waals surface area (Å²) < 4.78 is 48.6. The summed E-state index contributed by atoms with van der Waals surface area (Å²) >= 11 is 0. The van der Waals surface area contributed by atoms with Gasteiger partial charge in [0.15, 0.2) is 0 Å². The van der Waals surface area contributed by atoms with Crippen LogP contribution in [0.4, 0.5) is 24.5 Å². The average Bonchev–Trinajstić information content (AvgIpc) is 2.80. The van der Waals surface area contributed by atoms with Crippen molar-refractivity contribution in [3.8, 4) is 11.6 Å². The molecular formula is C23H20F3N3O3. The fraction of sp³-hybridized carbons (Fsp3) is 0.217. The monoisotopic (exact) mass is 443 g/mol. The van der Waals surface area contributed by atoms with Gasteiger partial charge in [-0.3, -0.25) is 4.79 Å². The van der Waals surface area contributed by atoms with Gasteiger partial charge in [-0.1, -0.05) is 0 Å². The predicted octanol–water partition coefficient (Wildman–Crippen LogP) is 4.98. The van der Waals surface area contributed by atoms with Gasteiger partial charge >= 0.3 is 6.18 Å². The summed E-state index contributed by atoms with van der Waals surface area (Å²) in [5.74, 6) is 0.0857. The molecule has 0 saturated carbocycles. The van der Waals surface area contributed by atoms with E-state index in [0.717, 1.165) is 30.9 Å². The molecule has 1 aliphatic rings. The lowest BCUT2D eigenvalue weighted by atomic mass is 10.2. The zero-order chi connectivity index (χ0) is 22.6. The van der Waals surface area contributed by atoms with E-state index in [0.29, 0.717) is 36.4 Å². The maximum absolute atomic E-state index is 12.6. The number of pyridine rings is 1. The number of hydrogen-bond acceptors (Lipinski definition) is 5. The van der Waals surface area contributed by atoms with Crippen molar-refractivity contribution in [2.75, 3.05) is 36.5 Å². The van der Waals surface area contributed by atoms with Crippen molar-refractivity contribution in [3.05, 3.63) is 78.0 Å². The molecule has 0 spiro atoms. The summed E-state index contributed by atoms with van der Waals surface area (Å²) in [6.45, 7) is 3.07. The number of nitrogens with one attached hydrogen (secondary N) is 1. The Bertz CT molecular complexity index is 1050. The van der Waals surface area contributed by atoms with E-state index in [1.54, 1.807) is 24.3 Å². The summed E-state index contributed by atoms with van der Waals surface area (Å²) in [7, 11) is 0. The van der Waals surface area contributed by atoms with Gasteiger partial charge in [0.05, 0.1) is 18.8 Å². The highest BCUT2D eigenvalue weighted by molar-refractivity contribution is 6.04. The maximum atomic E-state index is 12.6. The number of anilines is 2. The zero-order valence-corrected chi connectivity index (χ0v) is 16.9. The average molecular weight is 443 g/mol. The number of benzene rings is 2. The van der Waals surface area contributed by atoms with Crippen LogP contribution in [0.2, 0.25) is 0 Å². The highest BCUT2D eigenvalue weighted by atomic mass is 19.4. The topological polar surface area (TPSA) is 63.7 Å². The van der Waals surface area contributed by atoms with E-state index >= 15 is 0 Å². The van der Waals surface area contributed by atoms with Crippen LogP contribution in [0.1, 0.15) is 15.9 Å². The highest BCUT2D eigenvalue weighted by Gasteiger charge is 2.30. The lowest BCUT2D eigenvalue weighted by molar-refractivity contribution is -0.137. The van der Waals surface area contributed by atoms with Crippen molar-refractivity contribution in [1.29, 1.82) is 0 Å². The number of rotatable bonds is 5. The lowest BCUT2D eigenvalue weighted by Gasteiger charge is -2.28. The number of ether oxygens (including phenoxy) is 2. The van der Waals surface area contributed by atoms with E-state index in [1.165, 1.54) is 0 Å². The van der Waals surface area contributed by atoms with Crippen molar-refractivity contribution < 1.29 is 27.4 Å². The van der Waals surface area contributed by atoms with Gasteiger partial charge in [-0.25, -0.2) is 4.98 Å². The molecule has 166 valence electrons. The normalized spacial score (nSPS) is 14.2. The van der Waals surface area contributed by atoms with Gasteiger partial charge in [-0.15, -0.1) is 0 Å².